The third kappa shape index (κ3) is 4.21. The highest BCUT2D eigenvalue weighted by atomic mass is 16.5. The van der Waals surface area contributed by atoms with E-state index in [0.29, 0.717) is 6.04 Å². The van der Waals surface area contributed by atoms with Crippen molar-refractivity contribution in [3.05, 3.63) is 66.0 Å². The molecule has 0 N–H and O–H groups in total. The van der Waals surface area contributed by atoms with Gasteiger partial charge >= 0.3 is 0 Å². The molecular formula is C25H32N6O. The van der Waals surface area contributed by atoms with Crippen LogP contribution in [0.3, 0.4) is 0 Å². The smallest absolute Gasteiger partial charge is 0.173 e. The molecule has 1 aliphatic heterocycles. The van der Waals surface area contributed by atoms with Crippen LogP contribution < -0.4 is 9.64 Å². The van der Waals surface area contributed by atoms with Crippen LogP contribution in [-0.2, 0) is 0 Å². The molecule has 7 heteroatoms. The average Bonchev–Trinajstić information content (AvgIpc) is 3.35. The molecule has 0 bridgehead atoms. The number of rotatable bonds is 6. The minimum atomic E-state index is -0.0269. The van der Waals surface area contributed by atoms with Crippen molar-refractivity contribution in [2.45, 2.75) is 44.2 Å². The molecule has 2 aliphatic rings. The summed E-state index contributed by atoms with van der Waals surface area (Å²) in [6.07, 6.45) is 6.11. The normalized spacial score (nSPS) is 19.1. The second-order valence-corrected chi connectivity index (χ2v) is 8.78. The van der Waals surface area contributed by atoms with Gasteiger partial charge in [-0.15, -0.1) is 5.10 Å². The number of aromatic nitrogens is 4. The number of para-hydroxylation sites is 2. The van der Waals surface area contributed by atoms with Crippen molar-refractivity contribution in [1.82, 2.24) is 25.1 Å². The molecule has 0 spiro atoms. The van der Waals surface area contributed by atoms with Crippen LogP contribution in [0, 0.1) is 0 Å². The Morgan fingerprint density at radius 3 is 2.34 bits per heavy atom. The molecule has 32 heavy (non-hydrogen) atoms. The summed E-state index contributed by atoms with van der Waals surface area (Å²) in [5.41, 5.74) is 2.42. The van der Waals surface area contributed by atoms with Crippen molar-refractivity contribution in [3.8, 4) is 5.75 Å². The number of methoxy groups -OCH3 is 1. The van der Waals surface area contributed by atoms with Gasteiger partial charge in [0, 0.05) is 37.4 Å². The van der Waals surface area contributed by atoms with Crippen LogP contribution >= 0.6 is 0 Å². The van der Waals surface area contributed by atoms with E-state index in [0.717, 1.165) is 56.2 Å². The quantitative estimate of drug-likeness (QED) is 0.585. The SMILES string of the molecule is COc1ccccc1C(c1nnnn1C1CCCCC1)N1CCN(c2ccccc2)CC1. The van der Waals surface area contributed by atoms with E-state index in [9.17, 15) is 0 Å². The van der Waals surface area contributed by atoms with E-state index < -0.39 is 0 Å². The molecule has 0 radical (unpaired) electrons. The number of piperazine rings is 1. The van der Waals surface area contributed by atoms with Crippen LogP contribution in [0.5, 0.6) is 5.75 Å². The average molecular weight is 433 g/mol. The van der Waals surface area contributed by atoms with Gasteiger partial charge in [0.25, 0.3) is 0 Å². The van der Waals surface area contributed by atoms with Gasteiger partial charge < -0.3 is 9.64 Å². The molecule has 2 heterocycles. The Morgan fingerprint density at radius 1 is 0.875 bits per heavy atom. The fourth-order valence-electron chi connectivity index (χ4n) is 5.23. The van der Waals surface area contributed by atoms with Gasteiger partial charge in [-0.3, -0.25) is 4.90 Å². The van der Waals surface area contributed by atoms with Crippen LogP contribution in [0.1, 0.15) is 55.6 Å². The van der Waals surface area contributed by atoms with Gasteiger partial charge in [-0.05, 0) is 41.5 Å². The molecule has 1 unspecified atom stereocenters. The second-order valence-electron chi connectivity index (χ2n) is 8.78. The van der Waals surface area contributed by atoms with Gasteiger partial charge in [-0.1, -0.05) is 55.7 Å². The van der Waals surface area contributed by atoms with Crippen molar-refractivity contribution < 1.29 is 4.74 Å². The van der Waals surface area contributed by atoms with Crippen LogP contribution in [0.4, 0.5) is 5.69 Å². The number of hydrogen-bond acceptors (Lipinski definition) is 6. The Labute approximate surface area is 190 Å². The molecule has 3 aromatic rings. The molecule has 2 fully saturated rings. The molecule has 1 saturated heterocycles. The molecular weight excluding hydrogens is 400 g/mol. The van der Waals surface area contributed by atoms with E-state index in [1.165, 1.54) is 24.9 Å². The second kappa shape index (κ2) is 9.69. The highest BCUT2D eigenvalue weighted by molar-refractivity contribution is 5.46. The van der Waals surface area contributed by atoms with Crippen LogP contribution in [0.2, 0.25) is 0 Å². The molecule has 1 saturated carbocycles. The van der Waals surface area contributed by atoms with Crippen LogP contribution in [-0.4, -0.2) is 58.4 Å². The maximum Gasteiger partial charge on any atom is 0.173 e. The van der Waals surface area contributed by atoms with Crippen LogP contribution in [0.25, 0.3) is 0 Å². The lowest BCUT2D eigenvalue weighted by Gasteiger charge is -2.40. The van der Waals surface area contributed by atoms with Gasteiger partial charge in [0.05, 0.1) is 13.2 Å². The lowest BCUT2D eigenvalue weighted by Crippen LogP contribution is -2.48. The first-order valence-corrected chi connectivity index (χ1v) is 11.8. The number of ether oxygens (including phenoxy) is 1. The molecule has 1 aliphatic carbocycles. The molecule has 0 amide bonds. The number of anilines is 1. The fraction of sp³-hybridized carbons (Fsp3) is 0.480. The zero-order chi connectivity index (χ0) is 21.8. The van der Waals surface area contributed by atoms with Crippen molar-refractivity contribution >= 4 is 5.69 Å². The first kappa shape index (κ1) is 20.9. The van der Waals surface area contributed by atoms with Crippen molar-refractivity contribution in [3.63, 3.8) is 0 Å². The molecule has 168 valence electrons. The first-order valence-electron chi connectivity index (χ1n) is 11.8. The van der Waals surface area contributed by atoms with E-state index in [1.807, 2.05) is 12.1 Å². The Morgan fingerprint density at radius 2 is 1.59 bits per heavy atom. The van der Waals surface area contributed by atoms with E-state index in [2.05, 4.69) is 72.5 Å². The zero-order valence-electron chi connectivity index (χ0n) is 18.8. The fourth-order valence-corrected chi connectivity index (χ4v) is 5.23. The maximum absolute atomic E-state index is 5.78. The Kier molecular flexibility index (Phi) is 6.34. The standard InChI is InChI=1S/C25H32N6O/c1-32-23-15-9-8-14-22(23)24(25-26-27-28-31(25)21-12-6-3-7-13-21)30-18-16-29(17-19-30)20-10-4-2-5-11-20/h2,4-5,8-11,14-15,21,24H,3,6-7,12-13,16-19H2,1H3. The number of nitrogens with zero attached hydrogens (tertiary/aromatic N) is 6. The van der Waals surface area contributed by atoms with Crippen molar-refractivity contribution in [1.29, 1.82) is 0 Å². The summed E-state index contributed by atoms with van der Waals surface area (Å²) in [6.45, 7) is 3.82. The Balaban J connectivity index is 1.46. The van der Waals surface area contributed by atoms with Crippen LogP contribution in [0.15, 0.2) is 54.6 Å². The number of tetrazole rings is 1. The molecule has 2 aromatic carbocycles. The third-order valence-electron chi connectivity index (χ3n) is 6.92. The summed E-state index contributed by atoms with van der Waals surface area (Å²) in [6, 6.07) is 19.3. The van der Waals surface area contributed by atoms with Crippen molar-refractivity contribution in [2.24, 2.45) is 0 Å². The first-order chi connectivity index (χ1) is 15.8. The summed E-state index contributed by atoms with van der Waals surface area (Å²) >= 11 is 0. The lowest BCUT2D eigenvalue weighted by molar-refractivity contribution is 0.190. The predicted octanol–water partition coefficient (Wildman–Crippen LogP) is 4.10. The van der Waals surface area contributed by atoms with E-state index in [1.54, 1.807) is 7.11 Å². The number of benzene rings is 2. The van der Waals surface area contributed by atoms with Crippen molar-refractivity contribution in [2.75, 3.05) is 38.2 Å². The predicted molar refractivity (Wildman–Crippen MR) is 125 cm³/mol. The third-order valence-corrected chi connectivity index (χ3v) is 6.92. The van der Waals surface area contributed by atoms with Gasteiger partial charge in [0.1, 0.15) is 11.8 Å². The minimum absolute atomic E-state index is 0.0269. The van der Waals surface area contributed by atoms with Gasteiger partial charge in [-0.2, -0.15) is 0 Å². The minimum Gasteiger partial charge on any atom is -0.496 e. The highest BCUT2D eigenvalue weighted by Gasteiger charge is 2.34. The van der Waals surface area contributed by atoms with E-state index in [-0.39, 0.29) is 6.04 Å². The number of hydrogen-bond donors (Lipinski definition) is 0. The Bertz CT molecular complexity index is 992. The Hall–Kier alpha value is -2.93. The maximum atomic E-state index is 5.78. The lowest BCUT2D eigenvalue weighted by atomic mass is 9.95. The monoisotopic (exact) mass is 432 g/mol. The van der Waals surface area contributed by atoms with Gasteiger partial charge in [-0.25, -0.2) is 4.68 Å². The molecule has 1 atom stereocenters. The van der Waals surface area contributed by atoms with Gasteiger partial charge in [0.15, 0.2) is 5.82 Å². The summed E-state index contributed by atoms with van der Waals surface area (Å²) in [5.74, 6) is 1.83. The summed E-state index contributed by atoms with van der Waals surface area (Å²) in [4.78, 5) is 4.97. The zero-order valence-corrected chi connectivity index (χ0v) is 18.8. The molecule has 7 nitrogen and oxygen atoms in total. The largest absolute Gasteiger partial charge is 0.496 e. The summed E-state index contributed by atoms with van der Waals surface area (Å²) < 4.78 is 7.89. The van der Waals surface area contributed by atoms with Gasteiger partial charge in [0.2, 0.25) is 0 Å². The summed E-state index contributed by atoms with van der Waals surface area (Å²) in [7, 11) is 1.74. The van der Waals surface area contributed by atoms with E-state index in [4.69, 9.17) is 4.74 Å². The highest BCUT2D eigenvalue weighted by Crippen LogP contribution is 2.37. The van der Waals surface area contributed by atoms with E-state index >= 15 is 0 Å². The summed E-state index contributed by atoms with van der Waals surface area (Å²) in [5, 5.41) is 13.2. The molecule has 5 rings (SSSR count). The molecule has 1 aromatic heterocycles. The topological polar surface area (TPSA) is 59.3 Å².